The van der Waals surface area contributed by atoms with Crippen LogP contribution in [0.3, 0.4) is 0 Å². The number of fused-ring (bicyclic) bond motifs is 2. The second-order valence-electron chi connectivity index (χ2n) is 13.0. The lowest BCUT2D eigenvalue weighted by molar-refractivity contribution is 1.29. The highest BCUT2D eigenvalue weighted by Crippen LogP contribution is 2.45. The van der Waals surface area contributed by atoms with Gasteiger partial charge in [-0.2, -0.15) is 0 Å². The van der Waals surface area contributed by atoms with Gasteiger partial charge in [0.25, 0.3) is 0 Å². The van der Waals surface area contributed by atoms with Crippen LogP contribution in [-0.4, -0.2) is 0 Å². The van der Waals surface area contributed by atoms with Gasteiger partial charge in [-0.1, -0.05) is 176 Å². The van der Waals surface area contributed by atoms with Gasteiger partial charge in [-0.25, -0.2) is 0 Å². The zero-order chi connectivity index (χ0) is 34.0. The average Bonchev–Trinajstić information content (AvgIpc) is 3.21. The van der Waals surface area contributed by atoms with Crippen LogP contribution >= 0.6 is 0 Å². The van der Waals surface area contributed by atoms with Crippen molar-refractivity contribution in [2.24, 2.45) is 0 Å². The van der Waals surface area contributed by atoms with Crippen molar-refractivity contribution >= 4 is 38.6 Å². The zero-order valence-electron chi connectivity index (χ0n) is 28.2. The van der Waals surface area contributed by atoms with E-state index in [9.17, 15) is 0 Å². The molecule has 0 spiro atoms. The standard InChI is InChI=1S/C50H35N/c1-2-16-39(17-3-1)45-20-8-9-21-46(45)47-22-10-11-23-48(47)49-24-12-13-25-50(49)51(44-33-30-37-15-5-7-19-41(37)35-44)43-31-28-38(29-32-43)42-27-26-36-14-4-6-18-40(36)34-42/h1-35H. The molecule has 0 aliphatic heterocycles. The number of hydrogen-bond acceptors (Lipinski definition) is 1. The number of rotatable bonds is 7. The van der Waals surface area contributed by atoms with Gasteiger partial charge < -0.3 is 4.90 Å². The van der Waals surface area contributed by atoms with E-state index >= 15 is 0 Å². The molecule has 9 aromatic carbocycles. The Balaban J connectivity index is 1.21. The summed E-state index contributed by atoms with van der Waals surface area (Å²) in [6, 6.07) is 76.7. The molecule has 0 aliphatic carbocycles. The van der Waals surface area contributed by atoms with Gasteiger partial charge in [-0.15, -0.1) is 0 Å². The third-order valence-electron chi connectivity index (χ3n) is 9.86. The van der Waals surface area contributed by atoms with Crippen molar-refractivity contribution in [2.75, 3.05) is 4.90 Å². The minimum absolute atomic E-state index is 1.10. The molecule has 0 aromatic heterocycles. The molecule has 0 saturated carbocycles. The van der Waals surface area contributed by atoms with E-state index in [0.29, 0.717) is 0 Å². The van der Waals surface area contributed by atoms with Crippen molar-refractivity contribution in [1.82, 2.24) is 0 Å². The van der Waals surface area contributed by atoms with E-state index in [1.165, 1.54) is 66.1 Å². The van der Waals surface area contributed by atoms with E-state index in [4.69, 9.17) is 0 Å². The van der Waals surface area contributed by atoms with Crippen molar-refractivity contribution in [3.63, 3.8) is 0 Å². The highest BCUT2D eigenvalue weighted by atomic mass is 15.1. The first-order valence-corrected chi connectivity index (χ1v) is 17.5. The molecule has 1 heteroatoms. The summed E-state index contributed by atoms with van der Waals surface area (Å²) in [4.78, 5) is 2.41. The molecule has 0 N–H and O–H groups in total. The van der Waals surface area contributed by atoms with Crippen LogP contribution in [-0.2, 0) is 0 Å². The lowest BCUT2D eigenvalue weighted by atomic mass is 9.88. The monoisotopic (exact) mass is 649 g/mol. The van der Waals surface area contributed by atoms with Crippen LogP contribution in [0.1, 0.15) is 0 Å². The van der Waals surface area contributed by atoms with Gasteiger partial charge in [0.15, 0.2) is 0 Å². The fourth-order valence-electron chi connectivity index (χ4n) is 7.35. The van der Waals surface area contributed by atoms with Crippen LogP contribution in [0.4, 0.5) is 17.1 Å². The normalized spacial score (nSPS) is 11.1. The van der Waals surface area contributed by atoms with E-state index in [1.807, 2.05) is 0 Å². The van der Waals surface area contributed by atoms with Crippen LogP contribution in [0.5, 0.6) is 0 Å². The van der Waals surface area contributed by atoms with E-state index in [-0.39, 0.29) is 0 Å². The molecule has 0 aliphatic rings. The van der Waals surface area contributed by atoms with Crippen molar-refractivity contribution in [3.8, 4) is 44.5 Å². The van der Waals surface area contributed by atoms with Gasteiger partial charge in [-0.05, 0) is 96.9 Å². The predicted molar refractivity (Wildman–Crippen MR) is 218 cm³/mol. The SMILES string of the molecule is c1ccc(-c2ccccc2-c2ccccc2-c2ccccc2N(c2ccc(-c3ccc4ccccc4c3)cc2)c2ccc3ccccc3c2)cc1. The molecule has 0 heterocycles. The summed E-state index contributed by atoms with van der Waals surface area (Å²) in [7, 11) is 0. The largest absolute Gasteiger partial charge is 0.310 e. The lowest BCUT2D eigenvalue weighted by Crippen LogP contribution is -2.11. The predicted octanol–water partition coefficient (Wildman–Crippen LogP) is 14.1. The number of benzene rings is 9. The second kappa shape index (κ2) is 13.3. The summed E-state index contributed by atoms with van der Waals surface area (Å²) in [5.74, 6) is 0. The van der Waals surface area contributed by atoms with Crippen LogP contribution in [0.25, 0.3) is 66.1 Å². The molecule has 0 amide bonds. The zero-order valence-corrected chi connectivity index (χ0v) is 28.2. The Morgan fingerprint density at radius 2 is 0.686 bits per heavy atom. The molecule has 0 atom stereocenters. The Bertz CT molecular complexity index is 2640. The maximum absolute atomic E-state index is 2.41. The minimum atomic E-state index is 1.10. The van der Waals surface area contributed by atoms with Gasteiger partial charge in [0, 0.05) is 16.9 Å². The summed E-state index contributed by atoms with van der Waals surface area (Å²) < 4.78 is 0. The topological polar surface area (TPSA) is 3.24 Å². The Hall–Kier alpha value is -6.70. The Labute approximate surface area is 299 Å². The van der Waals surface area contributed by atoms with Gasteiger partial charge in [0.1, 0.15) is 0 Å². The first-order chi connectivity index (χ1) is 25.3. The van der Waals surface area contributed by atoms with Crippen molar-refractivity contribution in [1.29, 1.82) is 0 Å². The molecular weight excluding hydrogens is 615 g/mol. The van der Waals surface area contributed by atoms with Crippen LogP contribution < -0.4 is 4.90 Å². The average molecular weight is 650 g/mol. The van der Waals surface area contributed by atoms with Crippen molar-refractivity contribution in [2.45, 2.75) is 0 Å². The number of anilines is 3. The molecule has 0 unspecified atom stereocenters. The van der Waals surface area contributed by atoms with Crippen LogP contribution in [0.15, 0.2) is 212 Å². The van der Waals surface area contributed by atoms with E-state index in [0.717, 1.165) is 17.1 Å². The van der Waals surface area contributed by atoms with Crippen molar-refractivity contribution < 1.29 is 0 Å². The highest BCUT2D eigenvalue weighted by Gasteiger charge is 2.20. The number of para-hydroxylation sites is 1. The van der Waals surface area contributed by atoms with Crippen LogP contribution in [0, 0.1) is 0 Å². The van der Waals surface area contributed by atoms with Gasteiger partial charge in [-0.3, -0.25) is 0 Å². The van der Waals surface area contributed by atoms with Crippen LogP contribution in [0.2, 0.25) is 0 Å². The molecule has 0 saturated heterocycles. The molecule has 9 rings (SSSR count). The fraction of sp³-hybridized carbons (Fsp3) is 0. The van der Waals surface area contributed by atoms with Crippen molar-refractivity contribution in [3.05, 3.63) is 212 Å². The highest BCUT2D eigenvalue weighted by molar-refractivity contribution is 5.98. The first-order valence-electron chi connectivity index (χ1n) is 17.5. The van der Waals surface area contributed by atoms with E-state index in [1.54, 1.807) is 0 Å². The Morgan fingerprint density at radius 1 is 0.235 bits per heavy atom. The van der Waals surface area contributed by atoms with E-state index in [2.05, 4.69) is 217 Å². The third-order valence-corrected chi connectivity index (χ3v) is 9.86. The molecule has 240 valence electrons. The molecular formula is C50H35N. The van der Waals surface area contributed by atoms with Gasteiger partial charge >= 0.3 is 0 Å². The molecule has 0 radical (unpaired) electrons. The molecule has 0 bridgehead atoms. The van der Waals surface area contributed by atoms with Gasteiger partial charge in [0.2, 0.25) is 0 Å². The Kier molecular flexibility index (Phi) is 7.92. The molecule has 1 nitrogen and oxygen atoms in total. The van der Waals surface area contributed by atoms with Gasteiger partial charge in [0.05, 0.1) is 5.69 Å². The summed E-state index contributed by atoms with van der Waals surface area (Å²) in [5.41, 5.74) is 12.9. The quantitative estimate of drug-likeness (QED) is 0.166. The third kappa shape index (κ3) is 5.86. The first kappa shape index (κ1) is 30.4. The fourth-order valence-corrected chi connectivity index (χ4v) is 7.35. The summed E-state index contributed by atoms with van der Waals surface area (Å²) >= 11 is 0. The number of nitrogens with zero attached hydrogens (tertiary/aromatic N) is 1. The lowest BCUT2D eigenvalue weighted by Gasteiger charge is -2.29. The summed E-state index contributed by atoms with van der Waals surface area (Å²) in [6.07, 6.45) is 0. The molecule has 0 fully saturated rings. The maximum Gasteiger partial charge on any atom is 0.0540 e. The Morgan fingerprint density at radius 3 is 1.37 bits per heavy atom. The minimum Gasteiger partial charge on any atom is -0.310 e. The summed E-state index contributed by atoms with van der Waals surface area (Å²) in [5, 5.41) is 4.94. The maximum atomic E-state index is 2.41. The molecule has 9 aromatic rings. The molecule has 51 heavy (non-hydrogen) atoms. The smallest absolute Gasteiger partial charge is 0.0540 e. The number of hydrogen-bond donors (Lipinski definition) is 0. The second-order valence-corrected chi connectivity index (χ2v) is 13.0. The van der Waals surface area contributed by atoms with E-state index < -0.39 is 0 Å². The summed E-state index contributed by atoms with van der Waals surface area (Å²) in [6.45, 7) is 0.